The van der Waals surface area contributed by atoms with Crippen molar-refractivity contribution in [2.45, 2.75) is 39.5 Å². The van der Waals surface area contributed by atoms with Crippen LogP contribution in [0.5, 0.6) is 0 Å². The van der Waals surface area contributed by atoms with Gasteiger partial charge < -0.3 is 5.32 Å². The van der Waals surface area contributed by atoms with Gasteiger partial charge in [-0.2, -0.15) is 10.1 Å². The van der Waals surface area contributed by atoms with Crippen LogP contribution in [-0.4, -0.2) is 22.5 Å². The fourth-order valence-electron chi connectivity index (χ4n) is 2.74. The molecule has 126 valence electrons. The van der Waals surface area contributed by atoms with Gasteiger partial charge in [-0.25, -0.2) is 4.98 Å². The number of anilines is 2. The van der Waals surface area contributed by atoms with E-state index >= 15 is 0 Å². The molecule has 1 aromatic heterocycles. The van der Waals surface area contributed by atoms with Gasteiger partial charge in [0.1, 0.15) is 0 Å². The summed E-state index contributed by atoms with van der Waals surface area (Å²) in [6.07, 6.45) is 4.85. The van der Waals surface area contributed by atoms with Crippen molar-refractivity contribution in [2.24, 2.45) is 16.9 Å². The Morgan fingerprint density at radius 1 is 1.46 bits per heavy atom. The molecule has 6 nitrogen and oxygen atoms in total. The van der Waals surface area contributed by atoms with Crippen molar-refractivity contribution in [1.82, 2.24) is 4.98 Å². The summed E-state index contributed by atoms with van der Waals surface area (Å²) in [6.45, 7) is 7.60. The van der Waals surface area contributed by atoms with Gasteiger partial charge in [-0.05, 0) is 44.2 Å². The number of allylic oxidation sites excluding steroid dienone is 1. The topological polar surface area (TPSA) is 74.7 Å². The molecule has 2 amide bonds. The maximum absolute atomic E-state index is 12.1. The molecule has 1 aromatic rings. The molecule has 1 atom stereocenters. The van der Waals surface area contributed by atoms with Crippen molar-refractivity contribution in [2.75, 3.05) is 10.3 Å². The predicted octanol–water partition coefficient (Wildman–Crippen LogP) is 3.13. The Bertz CT molecular complexity index is 704. The highest BCUT2D eigenvalue weighted by Gasteiger charge is 2.35. The van der Waals surface area contributed by atoms with Crippen LogP contribution < -0.4 is 10.3 Å². The van der Waals surface area contributed by atoms with Gasteiger partial charge in [0.2, 0.25) is 5.91 Å². The van der Waals surface area contributed by atoms with Crippen LogP contribution in [0.3, 0.4) is 0 Å². The van der Waals surface area contributed by atoms with E-state index < -0.39 is 0 Å². The molecule has 0 bridgehead atoms. The van der Waals surface area contributed by atoms with E-state index in [0.717, 1.165) is 24.1 Å². The summed E-state index contributed by atoms with van der Waals surface area (Å²) in [5, 5.41) is 8.59. The Balaban J connectivity index is 1.64. The van der Waals surface area contributed by atoms with Gasteiger partial charge in [0.15, 0.2) is 5.82 Å². The molecule has 1 saturated carbocycles. The average Bonchev–Trinajstić information content (AvgIpc) is 3.30. The van der Waals surface area contributed by atoms with Gasteiger partial charge in [-0.1, -0.05) is 12.5 Å². The Morgan fingerprint density at radius 3 is 2.79 bits per heavy atom. The fourth-order valence-corrected chi connectivity index (χ4v) is 2.74. The number of pyridine rings is 1. The van der Waals surface area contributed by atoms with Crippen molar-refractivity contribution in [1.29, 1.82) is 0 Å². The third-order valence-electron chi connectivity index (χ3n) is 4.18. The summed E-state index contributed by atoms with van der Waals surface area (Å²) < 4.78 is 0. The second-order valence-electron chi connectivity index (χ2n) is 6.70. The van der Waals surface area contributed by atoms with Gasteiger partial charge >= 0.3 is 0 Å². The highest BCUT2D eigenvalue weighted by Crippen LogP contribution is 2.35. The molecule has 1 N–H and O–H groups in total. The molecule has 0 radical (unpaired) electrons. The highest BCUT2D eigenvalue weighted by molar-refractivity contribution is 6.14. The quantitative estimate of drug-likeness (QED) is 0.816. The van der Waals surface area contributed by atoms with E-state index in [-0.39, 0.29) is 17.7 Å². The molecular formula is C18H22N4O2. The van der Waals surface area contributed by atoms with Crippen molar-refractivity contribution >= 4 is 29.0 Å². The van der Waals surface area contributed by atoms with Crippen molar-refractivity contribution in [3.63, 3.8) is 0 Å². The highest BCUT2D eigenvalue weighted by atomic mass is 16.2. The molecule has 24 heavy (non-hydrogen) atoms. The van der Waals surface area contributed by atoms with Crippen molar-refractivity contribution in [3.8, 4) is 0 Å². The Kier molecular flexibility index (Phi) is 4.46. The number of nitrogens with zero attached hydrogens (tertiary/aromatic N) is 3. The number of hydrogen-bond donors (Lipinski definition) is 1. The fraction of sp³-hybridized carbons (Fsp3) is 0.444. The largest absolute Gasteiger partial charge is 0.324 e. The zero-order valence-corrected chi connectivity index (χ0v) is 14.1. The third-order valence-corrected chi connectivity index (χ3v) is 4.18. The van der Waals surface area contributed by atoms with Gasteiger partial charge in [0.05, 0.1) is 24.0 Å². The van der Waals surface area contributed by atoms with Gasteiger partial charge in [-0.15, -0.1) is 6.58 Å². The molecule has 2 aliphatic rings. The molecular weight excluding hydrogens is 304 g/mol. The SMILES string of the molecule is C=C(C)CC(C)C(=O)Nc1ccc(N2N=C(C3CC3)CC2=O)nc1. The van der Waals surface area contributed by atoms with Gasteiger partial charge in [0, 0.05) is 5.92 Å². The molecule has 0 saturated heterocycles. The second kappa shape index (κ2) is 6.55. The number of nitrogens with one attached hydrogen (secondary N) is 1. The first-order valence-corrected chi connectivity index (χ1v) is 8.25. The Labute approximate surface area is 141 Å². The lowest BCUT2D eigenvalue weighted by Crippen LogP contribution is -2.22. The van der Waals surface area contributed by atoms with E-state index in [1.807, 2.05) is 13.8 Å². The smallest absolute Gasteiger partial charge is 0.254 e. The van der Waals surface area contributed by atoms with Crippen LogP contribution in [0.4, 0.5) is 11.5 Å². The summed E-state index contributed by atoms with van der Waals surface area (Å²) in [7, 11) is 0. The van der Waals surface area contributed by atoms with E-state index in [9.17, 15) is 9.59 Å². The molecule has 1 fully saturated rings. The number of carbonyl (C=O) groups is 2. The van der Waals surface area contributed by atoms with E-state index in [0.29, 0.717) is 30.3 Å². The van der Waals surface area contributed by atoms with E-state index in [2.05, 4.69) is 22.0 Å². The summed E-state index contributed by atoms with van der Waals surface area (Å²) in [4.78, 5) is 28.4. The normalized spacial score (nSPS) is 18.3. The summed E-state index contributed by atoms with van der Waals surface area (Å²) >= 11 is 0. The maximum atomic E-state index is 12.1. The second-order valence-corrected chi connectivity index (χ2v) is 6.70. The van der Waals surface area contributed by atoms with E-state index in [1.54, 1.807) is 18.3 Å². The first-order chi connectivity index (χ1) is 11.4. The van der Waals surface area contributed by atoms with Crippen LogP contribution in [-0.2, 0) is 9.59 Å². The van der Waals surface area contributed by atoms with Crippen molar-refractivity contribution in [3.05, 3.63) is 30.5 Å². The minimum atomic E-state index is -0.145. The number of hydrogen-bond acceptors (Lipinski definition) is 4. The lowest BCUT2D eigenvalue weighted by molar-refractivity contribution is -0.119. The molecule has 1 aliphatic heterocycles. The van der Waals surface area contributed by atoms with E-state index in [4.69, 9.17) is 0 Å². The van der Waals surface area contributed by atoms with Crippen LogP contribution in [0.2, 0.25) is 0 Å². The van der Waals surface area contributed by atoms with Crippen LogP contribution >= 0.6 is 0 Å². The lowest BCUT2D eigenvalue weighted by atomic mass is 10.0. The molecule has 1 aliphatic carbocycles. The standard InChI is InChI=1S/C18H22N4O2/c1-11(2)8-12(3)18(24)20-14-6-7-16(19-10-14)22-17(23)9-15(21-22)13-4-5-13/h6-7,10,12-13H,1,4-5,8-9H2,2-3H3,(H,20,24). The van der Waals surface area contributed by atoms with Crippen LogP contribution in [0.15, 0.2) is 35.6 Å². The molecule has 2 heterocycles. The van der Waals surface area contributed by atoms with Gasteiger partial charge in [-0.3, -0.25) is 9.59 Å². The third kappa shape index (κ3) is 3.69. The van der Waals surface area contributed by atoms with Crippen LogP contribution in [0.25, 0.3) is 0 Å². The molecule has 6 heteroatoms. The van der Waals surface area contributed by atoms with Crippen LogP contribution in [0.1, 0.15) is 39.5 Å². The number of rotatable bonds is 6. The number of hydrazone groups is 1. The minimum absolute atomic E-state index is 0.0451. The maximum Gasteiger partial charge on any atom is 0.254 e. The first-order valence-electron chi connectivity index (χ1n) is 8.25. The summed E-state index contributed by atoms with van der Waals surface area (Å²) in [5.74, 6) is 0.707. The number of aromatic nitrogens is 1. The molecule has 3 rings (SSSR count). The zero-order valence-electron chi connectivity index (χ0n) is 14.1. The number of amides is 2. The monoisotopic (exact) mass is 326 g/mol. The molecule has 0 aromatic carbocycles. The van der Waals surface area contributed by atoms with Crippen LogP contribution in [0, 0.1) is 11.8 Å². The summed E-state index contributed by atoms with van der Waals surface area (Å²) in [6, 6.07) is 3.45. The van der Waals surface area contributed by atoms with Crippen molar-refractivity contribution < 1.29 is 9.59 Å². The lowest BCUT2D eigenvalue weighted by Gasteiger charge is -2.13. The Hall–Kier alpha value is -2.50. The first kappa shape index (κ1) is 16.4. The average molecular weight is 326 g/mol. The minimum Gasteiger partial charge on any atom is -0.324 e. The van der Waals surface area contributed by atoms with E-state index in [1.165, 1.54) is 5.01 Å². The predicted molar refractivity (Wildman–Crippen MR) is 93.7 cm³/mol. The molecule has 0 spiro atoms. The number of carbonyl (C=O) groups excluding carboxylic acids is 2. The molecule has 1 unspecified atom stereocenters. The van der Waals surface area contributed by atoms with Gasteiger partial charge in [0.25, 0.3) is 5.91 Å². The Morgan fingerprint density at radius 2 is 2.21 bits per heavy atom. The zero-order chi connectivity index (χ0) is 17.3. The summed E-state index contributed by atoms with van der Waals surface area (Å²) in [5.41, 5.74) is 2.55.